The highest BCUT2D eigenvalue weighted by atomic mass is 16.4. The van der Waals surface area contributed by atoms with Crippen LogP contribution in [0.3, 0.4) is 0 Å². The van der Waals surface area contributed by atoms with E-state index in [1.807, 2.05) is 11.0 Å². The minimum atomic E-state index is -0.823. The molecule has 0 aromatic heterocycles. The van der Waals surface area contributed by atoms with Gasteiger partial charge in [-0.25, -0.2) is 0 Å². The van der Waals surface area contributed by atoms with Crippen LogP contribution in [-0.2, 0) is 16.0 Å². The highest BCUT2D eigenvalue weighted by Crippen LogP contribution is 2.40. The Labute approximate surface area is 131 Å². The number of amides is 1. The van der Waals surface area contributed by atoms with E-state index < -0.39 is 11.9 Å². The molecule has 1 N–H and O–H groups in total. The molecule has 1 aliphatic heterocycles. The number of carboxylic acids is 1. The topological polar surface area (TPSA) is 57.6 Å². The number of aliphatic carboxylic acids is 1. The number of carbonyl (C=O) groups is 2. The molecule has 0 radical (unpaired) electrons. The summed E-state index contributed by atoms with van der Waals surface area (Å²) in [6.45, 7) is 1.59. The third-order valence-electron chi connectivity index (χ3n) is 5.04. The molecule has 1 saturated carbocycles. The Morgan fingerprint density at radius 3 is 2.36 bits per heavy atom. The molecule has 1 saturated heterocycles. The smallest absolute Gasteiger partial charge is 0.307 e. The van der Waals surface area contributed by atoms with E-state index in [1.165, 1.54) is 12.0 Å². The van der Waals surface area contributed by atoms with E-state index in [-0.39, 0.29) is 11.8 Å². The van der Waals surface area contributed by atoms with Crippen molar-refractivity contribution in [2.45, 2.75) is 32.1 Å². The van der Waals surface area contributed by atoms with Gasteiger partial charge >= 0.3 is 5.97 Å². The van der Waals surface area contributed by atoms with Crippen LogP contribution < -0.4 is 0 Å². The van der Waals surface area contributed by atoms with Crippen molar-refractivity contribution in [1.82, 2.24) is 4.90 Å². The number of piperidine rings is 1. The van der Waals surface area contributed by atoms with Gasteiger partial charge in [0.1, 0.15) is 0 Å². The van der Waals surface area contributed by atoms with Gasteiger partial charge in [0.2, 0.25) is 5.91 Å². The third-order valence-corrected chi connectivity index (χ3v) is 5.04. The molecule has 2 aliphatic rings. The van der Waals surface area contributed by atoms with E-state index in [0.29, 0.717) is 12.3 Å². The van der Waals surface area contributed by atoms with Crippen LogP contribution in [0.1, 0.15) is 31.2 Å². The van der Waals surface area contributed by atoms with Crippen LogP contribution >= 0.6 is 0 Å². The molecule has 2 unspecified atom stereocenters. The van der Waals surface area contributed by atoms with Crippen LogP contribution in [0.4, 0.5) is 0 Å². The summed E-state index contributed by atoms with van der Waals surface area (Å²) in [6.07, 6.45) is 4.89. The fourth-order valence-corrected chi connectivity index (χ4v) is 3.43. The van der Waals surface area contributed by atoms with Crippen LogP contribution in [0.25, 0.3) is 0 Å². The van der Waals surface area contributed by atoms with Gasteiger partial charge in [0.05, 0.1) is 11.8 Å². The summed E-state index contributed by atoms with van der Waals surface area (Å²) in [7, 11) is 0. The standard InChI is InChI=1S/C18H23NO3/c20-17(15-12-16(15)18(21)22)19-10-8-14(9-11-19)7-6-13-4-2-1-3-5-13/h1-5,14-16H,6-12H2,(H,21,22). The van der Waals surface area contributed by atoms with Crippen molar-refractivity contribution in [2.24, 2.45) is 17.8 Å². The summed E-state index contributed by atoms with van der Waals surface area (Å²) < 4.78 is 0. The van der Waals surface area contributed by atoms with Crippen molar-refractivity contribution in [3.05, 3.63) is 35.9 Å². The maximum absolute atomic E-state index is 12.2. The van der Waals surface area contributed by atoms with Crippen molar-refractivity contribution in [1.29, 1.82) is 0 Å². The van der Waals surface area contributed by atoms with Gasteiger partial charge < -0.3 is 10.0 Å². The van der Waals surface area contributed by atoms with Gasteiger partial charge in [0.15, 0.2) is 0 Å². The third kappa shape index (κ3) is 3.49. The van der Waals surface area contributed by atoms with Gasteiger partial charge in [-0.2, -0.15) is 0 Å². The summed E-state index contributed by atoms with van der Waals surface area (Å²) >= 11 is 0. The van der Waals surface area contributed by atoms with Crippen LogP contribution in [0.2, 0.25) is 0 Å². The first-order chi connectivity index (χ1) is 10.6. The lowest BCUT2D eigenvalue weighted by Gasteiger charge is -2.32. The molecular formula is C18H23NO3. The normalized spacial score (nSPS) is 25.0. The van der Waals surface area contributed by atoms with E-state index in [2.05, 4.69) is 24.3 Å². The van der Waals surface area contributed by atoms with Crippen LogP contribution in [-0.4, -0.2) is 35.0 Å². The number of hydrogen-bond acceptors (Lipinski definition) is 2. The quantitative estimate of drug-likeness (QED) is 0.909. The SMILES string of the molecule is O=C(O)C1CC1C(=O)N1CCC(CCc2ccccc2)CC1. The minimum Gasteiger partial charge on any atom is -0.481 e. The molecule has 3 rings (SSSR count). The molecule has 1 aromatic carbocycles. The largest absolute Gasteiger partial charge is 0.481 e. The average molecular weight is 301 g/mol. The molecule has 118 valence electrons. The molecule has 4 nitrogen and oxygen atoms in total. The van der Waals surface area contributed by atoms with E-state index in [1.54, 1.807) is 0 Å². The molecular weight excluding hydrogens is 278 g/mol. The van der Waals surface area contributed by atoms with E-state index in [0.717, 1.165) is 32.4 Å². The van der Waals surface area contributed by atoms with Crippen LogP contribution in [0.5, 0.6) is 0 Å². The Morgan fingerprint density at radius 1 is 1.09 bits per heavy atom. The van der Waals surface area contributed by atoms with Gasteiger partial charge in [-0.3, -0.25) is 9.59 Å². The predicted octanol–water partition coefficient (Wildman–Crippen LogP) is 2.58. The van der Waals surface area contributed by atoms with E-state index >= 15 is 0 Å². The highest BCUT2D eigenvalue weighted by Gasteiger charge is 2.49. The van der Waals surface area contributed by atoms with Gasteiger partial charge in [-0.15, -0.1) is 0 Å². The molecule has 1 aromatic rings. The molecule has 2 atom stereocenters. The first-order valence-corrected chi connectivity index (χ1v) is 8.20. The molecule has 22 heavy (non-hydrogen) atoms. The van der Waals surface area contributed by atoms with Crippen molar-refractivity contribution in [3.63, 3.8) is 0 Å². The van der Waals surface area contributed by atoms with Crippen molar-refractivity contribution < 1.29 is 14.7 Å². The summed E-state index contributed by atoms with van der Waals surface area (Å²) in [5, 5.41) is 8.92. The number of carboxylic acid groups (broad SMARTS) is 1. The van der Waals surface area contributed by atoms with Gasteiger partial charge in [-0.05, 0) is 43.6 Å². The molecule has 1 amide bonds. The number of rotatable bonds is 5. The lowest BCUT2D eigenvalue weighted by Crippen LogP contribution is -2.40. The maximum atomic E-state index is 12.2. The minimum absolute atomic E-state index is 0.0638. The second-order valence-electron chi connectivity index (χ2n) is 6.58. The summed E-state index contributed by atoms with van der Waals surface area (Å²) in [5.74, 6) is -0.759. The first-order valence-electron chi connectivity index (χ1n) is 8.20. The summed E-state index contributed by atoms with van der Waals surface area (Å²) in [5.41, 5.74) is 1.38. The number of likely N-dealkylation sites (tertiary alicyclic amines) is 1. The average Bonchev–Trinajstić information content (AvgIpc) is 3.35. The molecule has 2 fully saturated rings. The Kier molecular flexibility index (Phi) is 4.46. The Bertz CT molecular complexity index is 535. The number of benzene rings is 1. The maximum Gasteiger partial charge on any atom is 0.307 e. The van der Waals surface area contributed by atoms with Gasteiger partial charge in [-0.1, -0.05) is 30.3 Å². The number of hydrogen-bond donors (Lipinski definition) is 1. The molecule has 4 heteroatoms. The number of aryl methyl sites for hydroxylation is 1. The monoisotopic (exact) mass is 301 g/mol. The number of carbonyl (C=O) groups excluding carboxylic acids is 1. The second kappa shape index (κ2) is 6.51. The summed E-state index contributed by atoms with van der Waals surface area (Å²) in [4.78, 5) is 25.0. The van der Waals surface area contributed by atoms with Crippen LogP contribution in [0.15, 0.2) is 30.3 Å². The Balaban J connectivity index is 1.41. The Morgan fingerprint density at radius 2 is 1.77 bits per heavy atom. The summed E-state index contributed by atoms with van der Waals surface area (Å²) in [6, 6.07) is 10.5. The molecule has 1 heterocycles. The van der Waals surface area contributed by atoms with E-state index in [4.69, 9.17) is 5.11 Å². The van der Waals surface area contributed by atoms with E-state index in [9.17, 15) is 9.59 Å². The molecule has 0 spiro atoms. The molecule has 0 bridgehead atoms. The van der Waals surface area contributed by atoms with Crippen LogP contribution in [0, 0.1) is 17.8 Å². The predicted molar refractivity (Wildman–Crippen MR) is 83.3 cm³/mol. The van der Waals surface area contributed by atoms with Crippen molar-refractivity contribution in [2.75, 3.05) is 13.1 Å². The number of nitrogens with zero attached hydrogens (tertiary/aromatic N) is 1. The molecule has 1 aliphatic carbocycles. The van der Waals surface area contributed by atoms with Crippen molar-refractivity contribution in [3.8, 4) is 0 Å². The zero-order valence-electron chi connectivity index (χ0n) is 12.8. The fourth-order valence-electron chi connectivity index (χ4n) is 3.43. The van der Waals surface area contributed by atoms with Gasteiger partial charge in [0.25, 0.3) is 0 Å². The van der Waals surface area contributed by atoms with Gasteiger partial charge in [0, 0.05) is 13.1 Å². The Hall–Kier alpha value is -1.84. The lowest BCUT2D eigenvalue weighted by molar-refractivity contribution is -0.142. The van der Waals surface area contributed by atoms with Crippen molar-refractivity contribution >= 4 is 11.9 Å². The zero-order chi connectivity index (χ0) is 15.5. The highest BCUT2D eigenvalue weighted by molar-refractivity contribution is 5.89. The first kappa shape index (κ1) is 15.1. The lowest BCUT2D eigenvalue weighted by atomic mass is 9.90. The fraction of sp³-hybridized carbons (Fsp3) is 0.556. The zero-order valence-corrected chi connectivity index (χ0v) is 12.8. The second-order valence-corrected chi connectivity index (χ2v) is 6.58.